The molecule has 2 atom stereocenters. The lowest BCUT2D eigenvalue weighted by Crippen LogP contribution is -2.30. The molecule has 1 amide bonds. The Kier molecular flexibility index (Phi) is 7.16. The number of benzene rings is 2. The van der Waals surface area contributed by atoms with Crippen molar-refractivity contribution in [1.82, 2.24) is 14.9 Å². The number of rotatable bonds is 8. The smallest absolute Gasteiger partial charge is 0.250 e. The Morgan fingerprint density at radius 3 is 2.59 bits per heavy atom. The zero-order valence-corrected chi connectivity index (χ0v) is 21.3. The molecule has 1 fully saturated rings. The number of anilines is 2. The Bertz CT molecular complexity index is 1390. The van der Waals surface area contributed by atoms with Crippen molar-refractivity contribution in [2.45, 2.75) is 12.1 Å². The highest BCUT2D eigenvalue weighted by Gasteiger charge is 2.42. The first kappa shape index (κ1) is 24.5. The van der Waals surface area contributed by atoms with E-state index in [-0.39, 0.29) is 24.6 Å². The van der Waals surface area contributed by atoms with Crippen molar-refractivity contribution in [3.8, 4) is 11.4 Å². The van der Waals surface area contributed by atoms with E-state index < -0.39 is 0 Å². The highest BCUT2D eigenvalue weighted by atomic mass is 32.1. The number of ether oxygens (including phenoxy) is 2. The second-order valence-electron chi connectivity index (χ2n) is 8.53. The average Bonchev–Trinajstić information content (AvgIpc) is 3.54. The third-order valence-electron chi connectivity index (χ3n) is 6.22. The molecular weight excluding hydrogens is 486 g/mol. The Balaban J connectivity index is 1.56. The van der Waals surface area contributed by atoms with Crippen LogP contribution in [0.25, 0.3) is 5.69 Å². The molecule has 3 heterocycles. The van der Waals surface area contributed by atoms with Gasteiger partial charge in [-0.3, -0.25) is 9.78 Å². The summed E-state index contributed by atoms with van der Waals surface area (Å²) in [5, 5.41) is 6.92. The highest BCUT2D eigenvalue weighted by Crippen LogP contribution is 2.42. The zero-order chi connectivity index (χ0) is 25.8. The fraction of sp³-hybridized carbons (Fsp3) is 0.179. The molecule has 37 heavy (non-hydrogen) atoms. The molecule has 0 bridgehead atoms. The van der Waals surface area contributed by atoms with Crippen molar-refractivity contribution in [1.29, 1.82) is 0 Å². The number of nitrogens with zero attached hydrogens (tertiary/aromatic N) is 3. The van der Waals surface area contributed by atoms with Crippen LogP contribution in [0.15, 0.2) is 91.3 Å². The van der Waals surface area contributed by atoms with E-state index in [2.05, 4.69) is 31.2 Å². The summed E-state index contributed by atoms with van der Waals surface area (Å²) < 4.78 is 12.5. The van der Waals surface area contributed by atoms with Crippen LogP contribution in [0.4, 0.5) is 11.4 Å². The van der Waals surface area contributed by atoms with Gasteiger partial charge in [0.15, 0.2) is 5.11 Å². The van der Waals surface area contributed by atoms with Gasteiger partial charge in [0, 0.05) is 48.3 Å². The van der Waals surface area contributed by atoms with Gasteiger partial charge in [-0.15, -0.1) is 0 Å². The second-order valence-corrected chi connectivity index (χ2v) is 8.92. The van der Waals surface area contributed by atoms with E-state index in [1.165, 1.54) is 7.11 Å². The van der Waals surface area contributed by atoms with Gasteiger partial charge in [0.2, 0.25) is 5.91 Å². The van der Waals surface area contributed by atoms with Gasteiger partial charge in [0.05, 0.1) is 18.8 Å². The minimum absolute atomic E-state index is 0.00300. The number of aromatic nitrogens is 2. The number of carbonyl (C=O) groups is 1. The van der Waals surface area contributed by atoms with Gasteiger partial charge in [0.25, 0.3) is 0 Å². The largest absolute Gasteiger partial charge is 0.497 e. The van der Waals surface area contributed by atoms with Gasteiger partial charge in [-0.05, 0) is 72.9 Å². The molecule has 1 aliphatic heterocycles. The summed E-state index contributed by atoms with van der Waals surface area (Å²) in [4.78, 5) is 18.7. The predicted octanol–water partition coefficient (Wildman–Crippen LogP) is 4.64. The van der Waals surface area contributed by atoms with Gasteiger partial charge in [-0.1, -0.05) is 12.1 Å². The minimum atomic E-state index is -0.210. The van der Waals surface area contributed by atoms with E-state index in [0.717, 1.165) is 28.5 Å². The Morgan fingerprint density at radius 1 is 1.03 bits per heavy atom. The second kappa shape index (κ2) is 10.8. The summed E-state index contributed by atoms with van der Waals surface area (Å²) in [6.45, 7) is -0.00300. The van der Waals surface area contributed by atoms with Gasteiger partial charge in [-0.2, -0.15) is 0 Å². The lowest BCUT2D eigenvalue weighted by Gasteiger charge is -2.29. The lowest BCUT2D eigenvalue weighted by molar-refractivity contribution is -0.119. The predicted molar refractivity (Wildman–Crippen MR) is 147 cm³/mol. The molecule has 8 nitrogen and oxygen atoms in total. The molecule has 0 aliphatic carbocycles. The van der Waals surface area contributed by atoms with Crippen molar-refractivity contribution < 1.29 is 14.3 Å². The molecule has 2 N–H and O–H groups in total. The monoisotopic (exact) mass is 513 g/mol. The van der Waals surface area contributed by atoms with Crippen LogP contribution in [0.5, 0.6) is 5.75 Å². The molecule has 1 saturated heterocycles. The van der Waals surface area contributed by atoms with E-state index in [9.17, 15) is 4.79 Å². The molecule has 5 rings (SSSR count). The number of amides is 1. The van der Waals surface area contributed by atoms with Crippen LogP contribution in [0, 0.1) is 0 Å². The number of pyridine rings is 1. The number of hydrogen-bond acceptors (Lipinski definition) is 5. The molecule has 188 valence electrons. The van der Waals surface area contributed by atoms with E-state index >= 15 is 0 Å². The number of carbonyl (C=O) groups excluding carboxylic acids is 1. The normalized spacial score (nSPS) is 16.9. The van der Waals surface area contributed by atoms with E-state index in [0.29, 0.717) is 10.8 Å². The molecule has 0 unspecified atom stereocenters. The van der Waals surface area contributed by atoms with Gasteiger partial charge >= 0.3 is 0 Å². The molecule has 1 aliphatic rings. The van der Waals surface area contributed by atoms with Crippen LogP contribution < -0.4 is 20.3 Å². The summed E-state index contributed by atoms with van der Waals surface area (Å²) in [6, 6.07) is 25.2. The number of methoxy groups -OCH3 is 2. The molecule has 4 aromatic rings. The topological polar surface area (TPSA) is 80.7 Å². The van der Waals surface area contributed by atoms with Crippen LogP contribution in [-0.4, -0.2) is 41.4 Å². The fourth-order valence-corrected chi connectivity index (χ4v) is 4.94. The quantitative estimate of drug-likeness (QED) is 0.332. The van der Waals surface area contributed by atoms with E-state index in [4.69, 9.17) is 21.7 Å². The SMILES string of the molecule is COCC(=O)Nc1ccc(N2C(=S)N[C@@H](c3ccccn3)[C@H]2c2cccn2-c2cccc(OC)c2)cc1. The van der Waals surface area contributed by atoms with Crippen LogP contribution >= 0.6 is 12.2 Å². The molecule has 0 radical (unpaired) electrons. The molecule has 2 aromatic heterocycles. The summed E-state index contributed by atoms with van der Waals surface area (Å²) >= 11 is 5.86. The van der Waals surface area contributed by atoms with Crippen molar-refractivity contribution >= 4 is 34.6 Å². The third-order valence-corrected chi connectivity index (χ3v) is 6.53. The van der Waals surface area contributed by atoms with Crippen molar-refractivity contribution in [3.05, 3.63) is 103 Å². The Labute approximate surface area is 220 Å². The Hall–Kier alpha value is -4.21. The maximum Gasteiger partial charge on any atom is 0.250 e. The maximum absolute atomic E-state index is 11.9. The average molecular weight is 514 g/mol. The van der Waals surface area contributed by atoms with Crippen molar-refractivity contribution in [3.63, 3.8) is 0 Å². The number of hydrogen-bond donors (Lipinski definition) is 2. The number of thiocarbonyl (C=S) groups is 1. The fourth-order valence-electron chi connectivity index (χ4n) is 4.60. The molecule has 0 spiro atoms. The van der Waals surface area contributed by atoms with Crippen LogP contribution in [0.2, 0.25) is 0 Å². The van der Waals surface area contributed by atoms with Gasteiger partial charge in [0.1, 0.15) is 18.4 Å². The molecular formula is C28H27N5O3S. The zero-order valence-electron chi connectivity index (χ0n) is 20.5. The molecule has 0 saturated carbocycles. The van der Waals surface area contributed by atoms with Gasteiger partial charge in [-0.25, -0.2) is 0 Å². The van der Waals surface area contributed by atoms with Crippen molar-refractivity contribution in [2.75, 3.05) is 31.0 Å². The standard InChI is InChI=1S/C28H27N5O3S/c1-35-18-25(34)30-19-11-13-20(14-12-19)33-27(26(31-28(33)37)23-9-3-4-15-29-23)24-10-6-16-32(24)21-7-5-8-22(17-21)36-2/h3-17,26-27H,18H2,1-2H3,(H,30,34)(H,31,37)/t26-,27+/m0/s1. The van der Waals surface area contributed by atoms with Gasteiger partial charge < -0.3 is 29.6 Å². The first-order valence-electron chi connectivity index (χ1n) is 11.8. The van der Waals surface area contributed by atoms with Crippen LogP contribution in [0.1, 0.15) is 23.5 Å². The number of nitrogens with one attached hydrogen (secondary N) is 2. The molecule has 2 aromatic carbocycles. The van der Waals surface area contributed by atoms with E-state index in [1.807, 2.05) is 79.0 Å². The van der Waals surface area contributed by atoms with E-state index in [1.54, 1.807) is 13.3 Å². The first-order valence-corrected chi connectivity index (χ1v) is 12.2. The van der Waals surface area contributed by atoms with Crippen molar-refractivity contribution in [2.24, 2.45) is 0 Å². The minimum Gasteiger partial charge on any atom is -0.497 e. The third kappa shape index (κ3) is 5.04. The summed E-state index contributed by atoms with van der Waals surface area (Å²) in [7, 11) is 3.15. The van der Waals surface area contributed by atoms with Crippen LogP contribution in [-0.2, 0) is 9.53 Å². The lowest BCUT2D eigenvalue weighted by atomic mass is 10.0. The first-order chi connectivity index (χ1) is 18.1. The highest BCUT2D eigenvalue weighted by molar-refractivity contribution is 7.80. The van der Waals surface area contributed by atoms with Crippen LogP contribution in [0.3, 0.4) is 0 Å². The Morgan fingerprint density at radius 2 is 1.86 bits per heavy atom. The summed E-state index contributed by atoms with van der Waals surface area (Å²) in [5.74, 6) is 0.569. The summed E-state index contributed by atoms with van der Waals surface area (Å²) in [5.41, 5.74) is 4.48. The maximum atomic E-state index is 11.9. The summed E-state index contributed by atoms with van der Waals surface area (Å²) in [6.07, 6.45) is 3.83. The molecule has 9 heteroatoms.